The van der Waals surface area contributed by atoms with Crippen molar-refractivity contribution in [3.63, 3.8) is 0 Å². The summed E-state index contributed by atoms with van der Waals surface area (Å²) in [6.07, 6.45) is 5.60. The molecule has 0 saturated heterocycles. The van der Waals surface area contributed by atoms with Crippen LogP contribution >= 0.6 is 22.9 Å². The minimum absolute atomic E-state index is 0.648. The van der Waals surface area contributed by atoms with E-state index in [2.05, 4.69) is 11.4 Å². The zero-order chi connectivity index (χ0) is 20.7. The van der Waals surface area contributed by atoms with Crippen LogP contribution < -0.4 is 10.1 Å². The highest BCUT2D eigenvalue weighted by atomic mass is 35.5. The Labute approximate surface area is 184 Å². The predicted octanol–water partition coefficient (Wildman–Crippen LogP) is 7.00. The Balaban J connectivity index is 1.74. The first kappa shape index (κ1) is 19.2. The summed E-state index contributed by atoms with van der Waals surface area (Å²) in [6.45, 7) is 0. The van der Waals surface area contributed by atoms with Gasteiger partial charge in [-0.2, -0.15) is 5.26 Å². The molecule has 0 bridgehead atoms. The van der Waals surface area contributed by atoms with Crippen LogP contribution in [0.25, 0.3) is 21.8 Å². The number of aryl methyl sites for hydroxylation is 1. The van der Waals surface area contributed by atoms with Crippen molar-refractivity contribution in [2.75, 3.05) is 12.4 Å². The van der Waals surface area contributed by atoms with Crippen LogP contribution in [0, 0.1) is 11.3 Å². The zero-order valence-electron chi connectivity index (χ0n) is 16.6. The standard InChI is InChI=1S/C24H20ClN3OS/c1-29-15-8-10-20-18(12-15)23(17-9-7-14(25)11-21(17)27-20)28-24-19(13-26)16-5-3-2-4-6-22(16)30-24/h7-12H,2-6H2,1H3,(H,27,28). The molecule has 0 unspecified atom stereocenters. The maximum absolute atomic E-state index is 9.95. The van der Waals surface area contributed by atoms with Crippen LogP contribution in [0.2, 0.25) is 5.02 Å². The minimum Gasteiger partial charge on any atom is -0.497 e. The monoisotopic (exact) mass is 433 g/mol. The van der Waals surface area contributed by atoms with Crippen LogP contribution in [0.3, 0.4) is 0 Å². The van der Waals surface area contributed by atoms with Gasteiger partial charge in [0.1, 0.15) is 16.8 Å². The van der Waals surface area contributed by atoms with Gasteiger partial charge in [-0.1, -0.05) is 18.0 Å². The van der Waals surface area contributed by atoms with Gasteiger partial charge in [-0.15, -0.1) is 11.3 Å². The quantitative estimate of drug-likeness (QED) is 0.279. The highest BCUT2D eigenvalue weighted by molar-refractivity contribution is 7.16. The lowest BCUT2D eigenvalue weighted by Crippen LogP contribution is -1.97. The van der Waals surface area contributed by atoms with E-state index in [1.165, 1.54) is 23.3 Å². The van der Waals surface area contributed by atoms with E-state index in [9.17, 15) is 5.26 Å². The van der Waals surface area contributed by atoms with Gasteiger partial charge in [0.25, 0.3) is 0 Å². The zero-order valence-corrected chi connectivity index (χ0v) is 18.2. The Kier molecular flexibility index (Phi) is 4.98. The second-order valence-electron chi connectivity index (χ2n) is 7.54. The van der Waals surface area contributed by atoms with Gasteiger partial charge in [0, 0.05) is 20.7 Å². The maximum Gasteiger partial charge on any atom is 0.119 e. The fourth-order valence-electron chi connectivity index (χ4n) is 4.22. The first-order valence-corrected chi connectivity index (χ1v) is 11.3. The van der Waals surface area contributed by atoms with Gasteiger partial charge < -0.3 is 10.1 Å². The Morgan fingerprint density at radius 2 is 1.93 bits per heavy atom. The smallest absolute Gasteiger partial charge is 0.119 e. The van der Waals surface area contributed by atoms with Crippen LogP contribution in [-0.4, -0.2) is 12.1 Å². The molecular formula is C24H20ClN3OS. The van der Waals surface area contributed by atoms with E-state index in [0.717, 1.165) is 63.1 Å². The number of nitriles is 1. The van der Waals surface area contributed by atoms with Crippen molar-refractivity contribution in [2.24, 2.45) is 0 Å². The number of nitrogens with zero attached hydrogens (tertiary/aromatic N) is 2. The van der Waals surface area contributed by atoms with E-state index in [4.69, 9.17) is 21.3 Å². The molecule has 0 radical (unpaired) electrons. The van der Waals surface area contributed by atoms with Crippen molar-refractivity contribution in [2.45, 2.75) is 32.1 Å². The topological polar surface area (TPSA) is 57.9 Å². The fourth-order valence-corrected chi connectivity index (χ4v) is 5.63. The molecular weight excluding hydrogens is 414 g/mol. The molecule has 30 heavy (non-hydrogen) atoms. The van der Waals surface area contributed by atoms with Crippen molar-refractivity contribution < 1.29 is 4.74 Å². The largest absolute Gasteiger partial charge is 0.497 e. The molecule has 150 valence electrons. The summed E-state index contributed by atoms with van der Waals surface area (Å²) in [4.78, 5) is 6.14. The van der Waals surface area contributed by atoms with Crippen molar-refractivity contribution in [1.29, 1.82) is 5.26 Å². The predicted molar refractivity (Wildman–Crippen MR) is 124 cm³/mol. The molecule has 0 saturated carbocycles. The number of thiophene rings is 1. The highest BCUT2D eigenvalue weighted by Crippen LogP contribution is 2.42. The average molecular weight is 434 g/mol. The van der Waals surface area contributed by atoms with E-state index in [0.29, 0.717) is 5.02 Å². The van der Waals surface area contributed by atoms with Crippen LogP contribution in [0.5, 0.6) is 5.75 Å². The van der Waals surface area contributed by atoms with Crippen molar-refractivity contribution in [3.8, 4) is 11.8 Å². The summed E-state index contributed by atoms with van der Waals surface area (Å²) in [5, 5.41) is 17.0. The number of aromatic nitrogens is 1. The second-order valence-corrected chi connectivity index (χ2v) is 9.08. The van der Waals surface area contributed by atoms with Gasteiger partial charge in [0.2, 0.25) is 0 Å². The third-order valence-electron chi connectivity index (χ3n) is 5.71. The molecule has 5 rings (SSSR count). The summed E-state index contributed by atoms with van der Waals surface area (Å²) in [6, 6.07) is 14.0. The van der Waals surface area contributed by atoms with Crippen LogP contribution in [0.4, 0.5) is 10.7 Å². The third-order valence-corrected chi connectivity index (χ3v) is 7.16. The lowest BCUT2D eigenvalue weighted by molar-refractivity contribution is 0.415. The van der Waals surface area contributed by atoms with Crippen LogP contribution in [0.1, 0.15) is 35.3 Å². The van der Waals surface area contributed by atoms with Crippen molar-refractivity contribution in [3.05, 3.63) is 57.4 Å². The first-order valence-electron chi connectivity index (χ1n) is 10.1. The molecule has 2 aromatic heterocycles. The fraction of sp³-hybridized carbons (Fsp3) is 0.250. The van der Waals surface area contributed by atoms with Gasteiger partial charge in [0.05, 0.1) is 29.4 Å². The molecule has 2 heterocycles. The van der Waals surface area contributed by atoms with Crippen molar-refractivity contribution >= 4 is 55.4 Å². The summed E-state index contributed by atoms with van der Waals surface area (Å²) in [5.74, 6) is 0.767. The molecule has 0 aliphatic heterocycles. The molecule has 0 amide bonds. The second kappa shape index (κ2) is 7.79. The molecule has 4 aromatic rings. The van der Waals surface area contributed by atoms with Gasteiger partial charge >= 0.3 is 0 Å². The van der Waals surface area contributed by atoms with Gasteiger partial charge in [-0.25, -0.2) is 4.98 Å². The summed E-state index contributed by atoms with van der Waals surface area (Å²) >= 11 is 7.95. The summed E-state index contributed by atoms with van der Waals surface area (Å²) in [5.41, 5.74) is 4.61. The number of pyridine rings is 1. The molecule has 0 spiro atoms. The number of nitrogens with one attached hydrogen (secondary N) is 1. The number of ether oxygens (including phenoxy) is 1. The number of rotatable bonds is 3. The average Bonchev–Trinajstić information content (AvgIpc) is 2.91. The maximum atomic E-state index is 9.95. The molecule has 6 heteroatoms. The minimum atomic E-state index is 0.648. The Hall–Kier alpha value is -2.81. The normalized spacial score (nSPS) is 13.6. The number of anilines is 2. The van der Waals surface area contributed by atoms with E-state index in [1.807, 2.05) is 36.4 Å². The molecule has 1 aliphatic rings. The lowest BCUT2D eigenvalue weighted by atomic mass is 10.1. The molecule has 1 N–H and O–H groups in total. The van der Waals surface area contributed by atoms with Gasteiger partial charge in [-0.05, 0) is 67.6 Å². The number of hydrogen-bond donors (Lipinski definition) is 1. The highest BCUT2D eigenvalue weighted by Gasteiger charge is 2.21. The molecule has 2 aromatic carbocycles. The molecule has 1 aliphatic carbocycles. The third kappa shape index (κ3) is 3.27. The lowest BCUT2D eigenvalue weighted by Gasteiger charge is -2.14. The summed E-state index contributed by atoms with van der Waals surface area (Å²) in [7, 11) is 1.66. The Morgan fingerprint density at radius 1 is 1.07 bits per heavy atom. The Bertz CT molecular complexity index is 1320. The molecule has 0 fully saturated rings. The van der Waals surface area contributed by atoms with E-state index >= 15 is 0 Å². The van der Waals surface area contributed by atoms with Crippen molar-refractivity contribution in [1.82, 2.24) is 4.98 Å². The summed E-state index contributed by atoms with van der Waals surface area (Å²) < 4.78 is 5.46. The number of hydrogen-bond acceptors (Lipinski definition) is 5. The Morgan fingerprint density at radius 3 is 2.77 bits per heavy atom. The number of halogens is 1. The number of methoxy groups -OCH3 is 1. The number of fused-ring (bicyclic) bond motifs is 3. The van der Waals surface area contributed by atoms with Gasteiger partial charge in [0.15, 0.2) is 0 Å². The van der Waals surface area contributed by atoms with Crippen LogP contribution in [0.15, 0.2) is 36.4 Å². The van der Waals surface area contributed by atoms with Gasteiger partial charge in [-0.3, -0.25) is 0 Å². The SMILES string of the molecule is COc1ccc2nc3cc(Cl)ccc3c(Nc3sc4c(c3C#N)CCCCC4)c2c1. The number of benzene rings is 2. The molecule has 4 nitrogen and oxygen atoms in total. The molecule has 0 atom stereocenters. The van der Waals surface area contributed by atoms with E-state index in [-0.39, 0.29) is 0 Å². The van der Waals surface area contributed by atoms with E-state index in [1.54, 1.807) is 18.4 Å². The van der Waals surface area contributed by atoms with E-state index < -0.39 is 0 Å². The van der Waals surface area contributed by atoms with Crippen LogP contribution in [-0.2, 0) is 12.8 Å². The first-order chi connectivity index (χ1) is 14.7.